The van der Waals surface area contributed by atoms with Crippen molar-refractivity contribution in [1.29, 1.82) is 0 Å². The molecule has 3 amide bonds. The lowest BCUT2D eigenvalue weighted by Gasteiger charge is -2.26. The molecular weight excluding hydrogens is 468 g/mol. The van der Waals surface area contributed by atoms with E-state index in [1.165, 1.54) is 16.3 Å². The summed E-state index contributed by atoms with van der Waals surface area (Å²) < 4.78 is 2.61. The van der Waals surface area contributed by atoms with Crippen LogP contribution in [0.2, 0.25) is 0 Å². The molecule has 0 N–H and O–H groups in total. The van der Waals surface area contributed by atoms with Crippen molar-refractivity contribution in [3.05, 3.63) is 95.1 Å². The van der Waals surface area contributed by atoms with Gasteiger partial charge in [0.25, 0.3) is 17.7 Å². The Balaban J connectivity index is 1.33. The highest BCUT2D eigenvalue weighted by Crippen LogP contribution is 2.34. The van der Waals surface area contributed by atoms with Crippen molar-refractivity contribution < 1.29 is 19.2 Å². The number of rotatable bonds is 6. The number of fused-ring (bicyclic) bond motifs is 1. The molecule has 0 aliphatic carbocycles. The first-order valence-electron chi connectivity index (χ1n) is 10.4. The predicted octanol–water partition coefficient (Wildman–Crippen LogP) is 5.43. The molecule has 168 valence electrons. The van der Waals surface area contributed by atoms with Crippen molar-refractivity contribution in [2.75, 3.05) is 12.1 Å². The minimum absolute atomic E-state index is 0.267. The highest BCUT2D eigenvalue weighted by molar-refractivity contribution is 8.14. The summed E-state index contributed by atoms with van der Waals surface area (Å²) in [6.45, 7) is 0. The monoisotopic (exact) mass is 486 g/mol. The van der Waals surface area contributed by atoms with E-state index in [0.717, 1.165) is 33.3 Å². The zero-order valence-electron chi connectivity index (χ0n) is 18.1. The molecule has 0 fully saturated rings. The van der Waals surface area contributed by atoms with E-state index in [0.29, 0.717) is 33.0 Å². The summed E-state index contributed by atoms with van der Waals surface area (Å²) >= 11 is 2.25. The third-order valence-electron chi connectivity index (χ3n) is 5.74. The molecule has 0 radical (unpaired) electrons. The normalized spacial score (nSPS) is 12.9. The maximum Gasteiger partial charge on any atom is 0.271 e. The summed E-state index contributed by atoms with van der Waals surface area (Å²) in [6, 6.07) is 21.5. The van der Waals surface area contributed by atoms with Gasteiger partial charge in [-0.1, -0.05) is 54.6 Å². The standard InChI is InChI=1S/C26H18N2O4S2/c1-27(24(30)19-11-3-7-16-6-2-10-18(14-29)22(16)19)33-15-34-28-25(31)20-12-4-8-17-9-5-13-21(23(17)20)26(28)32/h2-14H,15H2,1H3. The molecule has 5 rings (SSSR count). The van der Waals surface area contributed by atoms with Gasteiger partial charge in [-0.25, -0.2) is 4.31 Å². The fourth-order valence-electron chi connectivity index (χ4n) is 4.16. The molecule has 6 nitrogen and oxygen atoms in total. The van der Waals surface area contributed by atoms with Gasteiger partial charge in [0.2, 0.25) is 0 Å². The lowest BCUT2D eigenvalue weighted by Crippen LogP contribution is -2.35. The van der Waals surface area contributed by atoms with Gasteiger partial charge >= 0.3 is 0 Å². The number of aldehydes is 1. The topological polar surface area (TPSA) is 74.8 Å². The Morgan fingerprint density at radius 2 is 1.41 bits per heavy atom. The average Bonchev–Trinajstić information content (AvgIpc) is 2.87. The van der Waals surface area contributed by atoms with Crippen LogP contribution in [0.1, 0.15) is 41.4 Å². The summed E-state index contributed by atoms with van der Waals surface area (Å²) in [7, 11) is 1.63. The molecule has 0 atom stereocenters. The molecule has 0 spiro atoms. The number of benzene rings is 4. The van der Waals surface area contributed by atoms with Crippen molar-refractivity contribution in [2.24, 2.45) is 0 Å². The van der Waals surface area contributed by atoms with Crippen molar-refractivity contribution in [2.45, 2.75) is 0 Å². The van der Waals surface area contributed by atoms with Crippen LogP contribution >= 0.6 is 23.9 Å². The number of amides is 3. The fraction of sp³-hybridized carbons (Fsp3) is 0.0769. The van der Waals surface area contributed by atoms with Gasteiger partial charge in [0.05, 0.1) is 5.08 Å². The van der Waals surface area contributed by atoms with Crippen molar-refractivity contribution in [1.82, 2.24) is 8.61 Å². The van der Waals surface area contributed by atoms with Crippen LogP contribution in [0.4, 0.5) is 0 Å². The van der Waals surface area contributed by atoms with E-state index in [9.17, 15) is 19.2 Å². The molecule has 0 saturated carbocycles. The Morgan fingerprint density at radius 3 is 2.03 bits per heavy atom. The van der Waals surface area contributed by atoms with Gasteiger partial charge in [-0.3, -0.25) is 23.5 Å². The second kappa shape index (κ2) is 8.96. The zero-order chi connectivity index (χ0) is 23.8. The number of hydrogen-bond donors (Lipinski definition) is 0. The Hall–Kier alpha value is -3.62. The lowest BCUT2D eigenvalue weighted by atomic mass is 9.95. The smallest absolute Gasteiger partial charge is 0.271 e. The number of hydrogen-bond acceptors (Lipinski definition) is 6. The molecular formula is C26H18N2O4S2. The van der Waals surface area contributed by atoms with E-state index in [4.69, 9.17) is 0 Å². The number of carbonyl (C=O) groups is 4. The van der Waals surface area contributed by atoms with Crippen LogP contribution in [-0.2, 0) is 0 Å². The van der Waals surface area contributed by atoms with Gasteiger partial charge in [-0.05, 0) is 52.9 Å². The molecule has 1 heterocycles. The Kier molecular flexibility index (Phi) is 5.85. The maximum atomic E-state index is 13.2. The third kappa shape index (κ3) is 3.65. The van der Waals surface area contributed by atoms with E-state index in [1.54, 1.807) is 55.6 Å². The van der Waals surface area contributed by atoms with Crippen LogP contribution in [0.5, 0.6) is 0 Å². The van der Waals surface area contributed by atoms with Crippen molar-refractivity contribution in [3.63, 3.8) is 0 Å². The van der Waals surface area contributed by atoms with Gasteiger partial charge in [-0.15, -0.1) is 0 Å². The van der Waals surface area contributed by atoms with E-state index < -0.39 is 0 Å². The van der Waals surface area contributed by atoms with Gasteiger partial charge in [0.1, 0.15) is 0 Å². The third-order valence-corrected chi connectivity index (χ3v) is 7.73. The zero-order valence-corrected chi connectivity index (χ0v) is 19.7. The number of nitrogens with zero attached hydrogens (tertiary/aromatic N) is 2. The first-order chi connectivity index (χ1) is 16.5. The molecule has 0 saturated heterocycles. The minimum atomic E-state index is -0.362. The molecule has 0 aromatic heterocycles. The van der Waals surface area contributed by atoms with E-state index in [2.05, 4.69) is 0 Å². The van der Waals surface area contributed by atoms with Crippen LogP contribution in [0.25, 0.3) is 21.5 Å². The van der Waals surface area contributed by atoms with E-state index >= 15 is 0 Å². The van der Waals surface area contributed by atoms with Crippen molar-refractivity contribution >= 4 is 69.4 Å². The summed E-state index contributed by atoms with van der Waals surface area (Å²) in [5.41, 5.74) is 1.86. The average molecular weight is 487 g/mol. The molecule has 8 heteroatoms. The number of carbonyl (C=O) groups excluding carboxylic acids is 4. The Bertz CT molecular complexity index is 1450. The molecule has 4 aromatic carbocycles. The molecule has 0 bridgehead atoms. The van der Waals surface area contributed by atoms with Crippen molar-refractivity contribution in [3.8, 4) is 0 Å². The fourth-order valence-corrected chi connectivity index (χ4v) is 6.05. The number of imide groups is 1. The maximum absolute atomic E-state index is 13.2. The SMILES string of the molecule is CN(SCSN1C(=O)c2cccc3cccc(c23)C1=O)C(=O)c1cccc2cccc(C=O)c12. The lowest BCUT2D eigenvalue weighted by molar-refractivity contribution is 0.0737. The minimum Gasteiger partial charge on any atom is -0.298 e. The molecule has 1 aliphatic rings. The van der Waals surface area contributed by atoms with Crippen LogP contribution in [0, 0.1) is 0 Å². The largest absolute Gasteiger partial charge is 0.298 e. The summed E-state index contributed by atoms with van der Waals surface area (Å²) in [4.78, 5) is 50.7. The predicted molar refractivity (Wildman–Crippen MR) is 136 cm³/mol. The van der Waals surface area contributed by atoms with Crippen LogP contribution in [0.15, 0.2) is 72.8 Å². The van der Waals surface area contributed by atoms with E-state index in [-0.39, 0.29) is 22.8 Å². The summed E-state index contributed by atoms with van der Waals surface area (Å²) in [5, 5.41) is 3.21. The Labute approximate surface area is 204 Å². The molecule has 1 aliphatic heterocycles. The first kappa shape index (κ1) is 22.2. The first-order valence-corrected chi connectivity index (χ1v) is 12.3. The van der Waals surface area contributed by atoms with Gasteiger partial charge < -0.3 is 0 Å². The van der Waals surface area contributed by atoms with E-state index in [1.807, 2.05) is 24.3 Å². The second-order valence-electron chi connectivity index (χ2n) is 7.66. The summed E-state index contributed by atoms with van der Waals surface area (Å²) in [5.74, 6) is -0.992. The quantitative estimate of drug-likeness (QED) is 0.157. The van der Waals surface area contributed by atoms with Crippen LogP contribution < -0.4 is 0 Å². The van der Waals surface area contributed by atoms with Crippen LogP contribution in [0.3, 0.4) is 0 Å². The van der Waals surface area contributed by atoms with Gasteiger partial charge in [-0.2, -0.15) is 0 Å². The Morgan fingerprint density at radius 1 is 0.853 bits per heavy atom. The van der Waals surface area contributed by atoms with Gasteiger partial charge in [0, 0.05) is 40.1 Å². The second-order valence-corrected chi connectivity index (χ2v) is 10.0. The molecule has 0 unspecified atom stereocenters. The molecule has 34 heavy (non-hydrogen) atoms. The van der Waals surface area contributed by atoms with Crippen LogP contribution in [-0.4, -0.2) is 44.8 Å². The van der Waals surface area contributed by atoms with Gasteiger partial charge in [0.15, 0.2) is 6.29 Å². The highest BCUT2D eigenvalue weighted by atomic mass is 32.2. The highest BCUT2D eigenvalue weighted by Gasteiger charge is 2.33. The molecule has 4 aromatic rings. The summed E-state index contributed by atoms with van der Waals surface area (Å²) in [6.07, 6.45) is 0.744.